The maximum Gasteiger partial charge on any atom is 0.144 e. The van der Waals surface area contributed by atoms with E-state index in [-0.39, 0.29) is 0 Å². The number of amidine groups is 1. The van der Waals surface area contributed by atoms with E-state index in [0.29, 0.717) is 11.8 Å². The minimum absolute atomic E-state index is 0.470. The van der Waals surface area contributed by atoms with Crippen LogP contribution in [0.2, 0.25) is 0 Å². The summed E-state index contributed by atoms with van der Waals surface area (Å²) in [4.78, 5) is 8.38. The van der Waals surface area contributed by atoms with Crippen molar-refractivity contribution in [1.82, 2.24) is 0 Å². The molecule has 0 fully saturated rings. The molecule has 0 aromatic rings. The van der Waals surface area contributed by atoms with Gasteiger partial charge >= 0.3 is 0 Å². The largest absolute Gasteiger partial charge is 0.382 e. The highest BCUT2D eigenvalue weighted by Crippen LogP contribution is 2.07. The van der Waals surface area contributed by atoms with Crippen LogP contribution < -0.4 is 5.73 Å². The molecule has 0 heterocycles. The first kappa shape index (κ1) is 14.6. The van der Waals surface area contributed by atoms with Gasteiger partial charge in [-0.1, -0.05) is 32.4 Å². The van der Waals surface area contributed by atoms with Crippen LogP contribution in [-0.2, 0) is 0 Å². The van der Waals surface area contributed by atoms with Gasteiger partial charge in [-0.3, -0.25) is 4.99 Å². The molecule has 0 radical (unpaired) electrons. The maximum atomic E-state index is 5.76. The number of allylic oxidation sites excluding steroid dienone is 2. The van der Waals surface area contributed by atoms with Crippen LogP contribution >= 0.6 is 0 Å². The maximum absolute atomic E-state index is 5.76. The summed E-state index contributed by atoms with van der Waals surface area (Å²) in [6, 6.07) is 0. The molecule has 2 N–H and O–H groups in total. The van der Waals surface area contributed by atoms with Crippen molar-refractivity contribution in [3.63, 3.8) is 0 Å². The van der Waals surface area contributed by atoms with Gasteiger partial charge in [0, 0.05) is 12.4 Å². The summed E-state index contributed by atoms with van der Waals surface area (Å²) in [7, 11) is 0. The zero-order chi connectivity index (χ0) is 12.6. The Labute approximate surface area is 98.9 Å². The van der Waals surface area contributed by atoms with Crippen molar-refractivity contribution < 1.29 is 0 Å². The standard InChI is InChI=1S/C13H23N3/c1-6-7-8-15-13(14)12(5)16-9-11(4)10(2)3/h7-10H,6H2,1-5H3,(H2,14,15)/b8-7+,11-9+,16-12+. The van der Waals surface area contributed by atoms with Crippen LogP contribution in [0.1, 0.15) is 41.0 Å². The van der Waals surface area contributed by atoms with Crippen LogP contribution in [0.3, 0.4) is 0 Å². The first-order valence-electron chi connectivity index (χ1n) is 5.68. The van der Waals surface area contributed by atoms with Crippen molar-refractivity contribution in [2.45, 2.75) is 41.0 Å². The third-order valence-corrected chi connectivity index (χ3v) is 2.30. The lowest BCUT2D eigenvalue weighted by atomic mass is 10.1. The Morgan fingerprint density at radius 3 is 2.38 bits per heavy atom. The fourth-order valence-corrected chi connectivity index (χ4v) is 0.746. The van der Waals surface area contributed by atoms with E-state index in [1.54, 1.807) is 6.20 Å². The van der Waals surface area contributed by atoms with Gasteiger partial charge in [0.25, 0.3) is 0 Å². The quantitative estimate of drug-likeness (QED) is 0.562. The summed E-state index contributed by atoms with van der Waals surface area (Å²) in [5.41, 5.74) is 7.74. The van der Waals surface area contributed by atoms with E-state index >= 15 is 0 Å². The molecule has 0 bridgehead atoms. The smallest absolute Gasteiger partial charge is 0.144 e. The summed E-state index contributed by atoms with van der Waals surface area (Å²) in [6.45, 7) is 10.3. The monoisotopic (exact) mass is 221 g/mol. The molecule has 0 aromatic carbocycles. The molecule has 0 amide bonds. The van der Waals surface area contributed by atoms with Crippen molar-refractivity contribution in [2.24, 2.45) is 21.6 Å². The fourth-order valence-electron chi connectivity index (χ4n) is 0.746. The second-order valence-corrected chi connectivity index (χ2v) is 4.05. The Morgan fingerprint density at radius 1 is 1.25 bits per heavy atom. The topological polar surface area (TPSA) is 50.7 Å². The molecule has 0 aliphatic heterocycles. The molecule has 0 rings (SSSR count). The van der Waals surface area contributed by atoms with Crippen LogP contribution in [0.4, 0.5) is 0 Å². The van der Waals surface area contributed by atoms with Gasteiger partial charge in [-0.25, -0.2) is 4.99 Å². The van der Waals surface area contributed by atoms with Gasteiger partial charge in [0.2, 0.25) is 0 Å². The Morgan fingerprint density at radius 2 is 1.88 bits per heavy atom. The SMILES string of the molecule is CC/C=C/N=C(N)\C(C)=N\C=C(/C)C(C)C. The number of nitrogens with zero attached hydrogens (tertiary/aromatic N) is 2. The fraction of sp³-hybridized carbons (Fsp3) is 0.538. The lowest BCUT2D eigenvalue weighted by Gasteiger charge is -2.02. The van der Waals surface area contributed by atoms with Gasteiger partial charge in [0.05, 0.1) is 5.71 Å². The summed E-state index contributed by atoms with van der Waals surface area (Å²) in [5, 5.41) is 0. The third-order valence-electron chi connectivity index (χ3n) is 2.30. The highest BCUT2D eigenvalue weighted by atomic mass is 14.9. The molecular formula is C13H23N3. The second-order valence-electron chi connectivity index (χ2n) is 4.05. The molecular weight excluding hydrogens is 198 g/mol. The molecule has 0 saturated heterocycles. The molecule has 0 spiro atoms. The van der Waals surface area contributed by atoms with Crippen molar-refractivity contribution in [2.75, 3.05) is 0 Å². The van der Waals surface area contributed by atoms with Crippen molar-refractivity contribution >= 4 is 11.5 Å². The summed E-state index contributed by atoms with van der Waals surface area (Å²) >= 11 is 0. The van der Waals surface area contributed by atoms with Gasteiger partial charge in [-0.05, 0) is 26.2 Å². The third kappa shape index (κ3) is 6.17. The first-order valence-corrected chi connectivity index (χ1v) is 5.68. The summed E-state index contributed by atoms with van der Waals surface area (Å²) in [5.74, 6) is 0.979. The average molecular weight is 221 g/mol. The van der Waals surface area contributed by atoms with Crippen LogP contribution in [0.15, 0.2) is 34.0 Å². The Bertz CT molecular complexity index is 320. The number of hydrogen-bond acceptors (Lipinski definition) is 2. The predicted molar refractivity (Wildman–Crippen MR) is 72.8 cm³/mol. The van der Waals surface area contributed by atoms with Crippen LogP contribution in [0.25, 0.3) is 0 Å². The molecule has 0 aromatic heterocycles. The summed E-state index contributed by atoms with van der Waals surface area (Å²) in [6.07, 6.45) is 6.48. The van der Waals surface area contributed by atoms with Gasteiger partial charge in [0.15, 0.2) is 0 Å². The van der Waals surface area contributed by atoms with Crippen LogP contribution in [0, 0.1) is 5.92 Å². The summed E-state index contributed by atoms with van der Waals surface area (Å²) < 4.78 is 0. The number of rotatable bonds is 5. The number of hydrogen-bond donors (Lipinski definition) is 1. The van der Waals surface area contributed by atoms with E-state index in [4.69, 9.17) is 5.73 Å². The second kappa shape index (κ2) is 7.85. The van der Waals surface area contributed by atoms with Crippen molar-refractivity contribution in [3.05, 3.63) is 24.0 Å². The van der Waals surface area contributed by atoms with Crippen molar-refractivity contribution in [1.29, 1.82) is 0 Å². The molecule has 3 heteroatoms. The van der Waals surface area contributed by atoms with Gasteiger partial charge in [0.1, 0.15) is 5.84 Å². The van der Waals surface area contributed by atoms with E-state index < -0.39 is 0 Å². The average Bonchev–Trinajstić information content (AvgIpc) is 2.25. The van der Waals surface area contributed by atoms with E-state index in [9.17, 15) is 0 Å². The zero-order valence-electron chi connectivity index (χ0n) is 11.0. The first-order chi connectivity index (χ1) is 7.49. The number of nitrogens with two attached hydrogens (primary N) is 1. The Balaban J connectivity index is 4.60. The van der Waals surface area contributed by atoms with Crippen LogP contribution in [0.5, 0.6) is 0 Å². The lowest BCUT2D eigenvalue weighted by molar-refractivity contribution is 0.766. The highest BCUT2D eigenvalue weighted by molar-refractivity contribution is 6.40. The normalized spacial score (nSPS) is 15.2. The molecule has 3 nitrogen and oxygen atoms in total. The van der Waals surface area contributed by atoms with E-state index in [1.807, 2.05) is 19.2 Å². The highest BCUT2D eigenvalue weighted by Gasteiger charge is 1.97. The predicted octanol–water partition coefficient (Wildman–Crippen LogP) is 3.29. The van der Waals surface area contributed by atoms with Gasteiger partial charge in [-0.2, -0.15) is 0 Å². The van der Waals surface area contributed by atoms with Gasteiger partial charge < -0.3 is 5.73 Å². The van der Waals surface area contributed by atoms with Crippen LogP contribution in [-0.4, -0.2) is 11.5 Å². The molecule has 0 unspecified atom stereocenters. The van der Waals surface area contributed by atoms with E-state index in [2.05, 4.69) is 37.7 Å². The minimum Gasteiger partial charge on any atom is -0.382 e. The van der Waals surface area contributed by atoms with E-state index in [1.165, 1.54) is 5.57 Å². The zero-order valence-corrected chi connectivity index (χ0v) is 11.0. The Hall–Kier alpha value is -1.38. The minimum atomic E-state index is 0.470. The lowest BCUT2D eigenvalue weighted by Crippen LogP contribution is -2.20. The molecule has 16 heavy (non-hydrogen) atoms. The molecule has 0 atom stereocenters. The Kier molecular flexibility index (Phi) is 7.18. The molecule has 0 aliphatic rings. The number of aliphatic imine (C=N–C) groups is 2. The van der Waals surface area contributed by atoms with Crippen molar-refractivity contribution in [3.8, 4) is 0 Å². The van der Waals surface area contributed by atoms with Gasteiger partial charge in [-0.15, -0.1) is 0 Å². The molecule has 0 aliphatic carbocycles. The molecule has 90 valence electrons. The molecule has 0 saturated carbocycles. The van der Waals surface area contributed by atoms with E-state index in [0.717, 1.165) is 12.1 Å².